The Hall–Kier alpha value is -3.46. The maximum atomic E-state index is 13.4. The molecule has 1 saturated heterocycles. The molecule has 2 aromatic carbocycles. The molecule has 178 valence electrons. The summed E-state index contributed by atoms with van der Waals surface area (Å²) in [5.74, 6) is -0.882. The number of rotatable bonds is 6. The number of para-hydroxylation sites is 1. The molecule has 0 bridgehead atoms. The molecule has 0 spiro atoms. The van der Waals surface area contributed by atoms with Crippen LogP contribution in [0.3, 0.4) is 0 Å². The first-order chi connectivity index (χ1) is 16.4. The van der Waals surface area contributed by atoms with Crippen molar-refractivity contribution in [1.29, 1.82) is 0 Å². The summed E-state index contributed by atoms with van der Waals surface area (Å²) in [4.78, 5) is 43.9. The molecule has 2 heterocycles. The molecule has 4 rings (SSSR count). The number of esters is 1. The van der Waals surface area contributed by atoms with Crippen molar-refractivity contribution < 1.29 is 18.7 Å². The standard InChI is InChI=1S/C24H24ClFN4O4/c1-2-34-23(32)15-9-11-29(12-10-15)22-17-5-3-4-6-20(17)30(24(33)28-22)14-21(31)27-16-7-8-19(26)18(25)13-16/h3-8,13,15H,2,9-12,14H2,1H3,(H,27,31). The van der Waals surface area contributed by atoms with Crippen LogP contribution in [0.5, 0.6) is 0 Å². The van der Waals surface area contributed by atoms with Gasteiger partial charge in [-0.1, -0.05) is 23.7 Å². The van der Waals surface area contributed by atoms with Crippen molar-refractivity contribution in [2.75, 3.05) is 29.9 Å². The van der Waals surface area contributed by atoms with Crippen molar-refractivity contribution in [1.82, 2.24) is 9.55 Å². The Kier molecular flexibility index (Phi) is 7.12. The number of nitrogens with zero attached hydrogens (tertiary/aromatic N) is 3. The van der Waals surface area contributed by atoms with E-state index in [0.29, 0.717) is 49.6 Å². The third-order valence-corrected chi connectivity index (χ3v) is 6.08. The minimum absolute atomic E-state index is 0.113. The summed E-state index contributed by atoms with van der Waals surface area (Å²) in [6.45, 7) is 3.00. The van der Waals surface area contributed by atoms with E-state index < -0.39 is 17.4 Å². The van der Waals surface area contributed by atoms with Gasteiger partial charge in [-0.3, -0.25) is 14.2 Å². The molecule has 0 atom stereocenters. The van der Waals surface area contributed by atoms with Gasteiger partial charge in [0.1, 0.15) is 18.2 Å². The van der Waals surface area contributed by atoms with Gasteiger partial charge in [0, 0.05) is 24.2 Å². The summed E-state index contributed by atoms with van der Waals surface area (Å²) >= 11 is 5.77. The van der Waals surface area contributed by atoms with Crippen LogP contribution >= 0.6 is 11.6 Å². The van der Waals surface area contributed by atoms with Gasteiger partial charge in [0.05, 0.1) is 23.1 Å². The van der Waals surface area contributed by atoms with E-state index in [0.717, 1.165) is 11.5 Å². The van der Waals surface area contributed by atoms with Crippen LogP contribution in [0, 0.1) is 11.7 Å². The largest absolute Gasteiger partial charge is 0.466 e. The van der Waals surface area contributed by atoms with E-state index in [9.17, 15) is 18.8 Å². The van der Waals surface area contributed by atoms with Gasteiger partial charge < -0.3 is 15.0 Å². The van der Waals surface area contributed by atoms with Crippen molar-refractivity contribution >= 4 is 45.9 Å². The molecule has 34 heavy (non-hydrogen) atoms. The second-order valence-corrected chi connectivity index (χ2v) is 8.42. The van der Waals surface area contributed by atoms with E-state index in [1.807, 2.05) is 17.0 Å². The zero-order valence-electron chi connectivity index (χ0n) is 18.6. The quantitative estimate of drug-likeness (QED) is 0.535. The average molecular weight is 487 g/mol. The van der Waals surface area contributed by atoms with Gasteiger partial charge in [0.2, 0.25) is 5.91 Å². The van der Waals surface area contributed by atoms with Crippen molar-refractivity contribution in [3.05, 3.63) is 63.8 Å². The van der Waals surface area contributed by atoms with E-state index >= 15 is 0 Å². The number of carbonyl (C=O) groups excluding carboxylic acids is 2. The summed E-state index contributed by atoms with van der Waals surface area (Å²) in [6.07, 6.45) is 1.22. The second-order valence-electron chi connectivity index (χ2n) is 8.01. The topological polar surface area (TPSA) is 93.5 Å². The molecule has 1 aliphatic heterocycles. The molecule has 1 amide bonds. The van der Waals surface area contributed by atoms with E-state index in [1.54, 1.807) is 19.1 Å². The van der Waals surface area contributed by atoms with Gasteiger partial charge in [-0.2, -0.15) is 4.98 Å². The maximum Gasteiger partial charge on any atom is 0.350 e. The summed E-state index contributed by atoms with van der Waals surface area (Å²) in [5, 5.41) is 3.24. The number of aromatic nitrogens is 2. The number of benzene rings is 2. The first kappa shape index (κ1) is 23.7. The molecule has 1 fully saturated rings. The Labute approximate surface area is 200 Å². The van der Waals surface area contributed by atoms with Crippen molar-refractivity contribution in [2.24, 2.45) is 5.92 Å². The molecule has 10 heteroatoms. The number of hydrogen-bond acceptors (Lipinski definition) is 6. The molecule has 0 unspecified atom stereocenters. The van der Waals surface area contributed by atoms with Crippen LogP contribution in [0.2, 0.25) is 5.02 Å². The van der Waals surface area contributed by atoms with Gasteiger partial charge in [-0.05, 0) is 50.1 Å². The van der Waals surface area contributed by atoms with Crippen molar-refractivity contribution in [3.8, 4) is 0 Å². The number of ether oxygens (including phenoxy) is 1. The van der Waals surface area contributed by atoms with Crippen LogP contribution < -0.4 is 15.9 Å². The zero-order valence-corrected chi connectivity index (χ0v) is 19.3. The fourth-order valence-corrected chi connectivity index (χ4v) is 4.29. The van der Waals surface area contributed by atoms with Gasteiger partial charge in [-0.25, -0.2) is 9.18 Å². The Morgan fingerprint density at radius 1 is 1.21 bits per heavy atom. The summed E-state index contributed by atoms with van der Waals surface area (Å²) < 4.78 is 19.8. The van der Waals surface area contributed by atoms with Gasteiger partial charge >= 0.3 is 11.7 Å². The highest BCUT2D eigenvalue weighted by atomic mass is 35.5. The first-order valence-corrected chi connectivity index (χ1v) is 11.4. The second kappa shape index (κ2) is 10.2. The Morgan fingerprint density at radius 3 is 2.65 bits per heavy atom. The number of anilines is 2. The predicted octanol–water partition coefficient (Wildman–Crippen LogP) is 3.61. The van der Waals surface area contributed by atoms with Crippen LogP contribution in [0.25, 0.3) is 10.9 Å². The van der Waals surface area contributed by atoms with Gasteiger partial charge in [-0.15, -0.1) is 0 Å². The van der Waals surface area contributed by atoms with Crippen LogP contribution in [-0.2, 0) is 20.9 Å². The summed E-state index contributed by atoms with van der Waals surface area (Å²) in [5.41, 5.74) is 0.327. The minimum atomic E-state index is -0.590. The minimum Gasteiger partial charge on any atom is -0.466 e. The highest BCUT2D eigenvalue weighted by Crippen LogP contribution is 2.28. The predicted molar refractivity (Wildman–Crippen MR) is 128 cm³/mol. The van der Waals surface area contributed by atoms with Crippen LogP contribution in [0.15, 0.2) is 47.3 Å². The molecule has 1 aromatic heterocycles. The molecule has 0 radical (unpaired) electrons. The van der Waals surface area contributed by atoms with E-state index in [1.165, 1.54) is 16.7 Å². The lowest BCUT2D eigenvalue weighted by atomic mass is 9.97. The Balaban J connectivity index is 1.56. The molecular formula is C24H24ClFN4O4. The zero-order chi connectivity index (χ0) is 24.2. The van der Waals surface area contributed by atoms with Gasteiger partial charge in [0.25, 0.3) is 0 Å². The van der Waals surface area contributed by atoms with Gasteiger partial charge in [0.15, 0.2) is 0 Å². The van der Waals surface area contributed by atoms with Crippen LogP contribution in [0.1, 0.15) is 19.8 Å². The van der Waals surface area contributed by atoms with Crippen molar-refractivity contribution in [3.63, 3.8) is 0 Å². The third kappa shape index (κ3) is 5.04. The fourth-order valence-electron chi connectivity index (χ4n) is 4.11. The number of fused-ring (bicyclic) bond motifs is 1. The number of amides is 1. The lowest BCUT2D eigenvalue weighted by Crippen LogP contribution is -2.39. The number of carbonyl (C=O) groups is 2. The summed E-state index contributed by atoms with van der Waals surface area (Å²) in [6, 6.07) is 11.1. The molecule has 0 aliphatic carbocycles. The number of piperidine rings is 1. The highest BCUT2D eigenvalue weighted by Gasteiger charge is 2.28. The first-order valence-electron chi connectivity index (χ1n) is 11.0. The number of nitrogens with one attached hydrogen (secondary N) is 1. The smallest absolute Gasteiger partial charge is 0.350 e. The van der Waals surface area contributed by atoms with Crippen LogP contribution in [0.4, 0.5) is 15.9 Å². The highest BCUT2D eigenvalue weighted by molar-refractivity contribution is 6.31. The van der Waals surface area contributed by atoms with E-state index in [2.05, 4.69) is 10.3 Å². The van der Waals surface area contributed by atoms with E-state index in [4.69, 9.17) is 16.3 Å². The fraction of sp³-hybridized carbons (Fsp3) is 0.333. The molecule has 0 saturated carbocycles. The molecular weight excluding hydrogens is 463 g/mol. The maximum absolute atomic E-state index is 13.4. The third-order valence-electron chi connectivity index (χ3n) is 5.79. The lowest BCUT2D eigenvalue weighted by molar-refractivity contribution is -0.148. The van der Waals surface area contributed by atoms with Crippen LogP contribution in [-0.4, -0.2) is 41.1 Å². The normalized spacial score (nSPS) is 14.3. The van der Waals surface area contributed by atoms with E-state index in [-0.39, 0.29) is 23.5 Å². The molecule has 8 nitrogen and oxygen atoms in total. The van der Waals surface area contributed by atoms with Crippen molar-refractivity contribution in [2.45, 2.75) is 26.3 Å². The Bertz CT molecular complexity index is 1290. The molecule has 1 N–H and O–H groups in total. The average Bonchev–Trinajstić information content (AvgIpc) is 2.83. The number of halogens is 2. The monoisotopic (exact) mass is 486 g/mol. The molecule has 3 aromatic rings. The number of hydrogen-bond donors (Lipinski definition) is 1. The molecule has 1 aliphatic rings. The summed E-state index contributed by atoms with van der Waals surface area (Å²) in [7, 11) is 0. The Morgan fingerprint density at radius 2 is 1.94 bits per heavy atom. The SMILES string of the molecule is CCOC(=O)C1CCN(c2nc(=O)n(CC(=O)Nc3ccc(F)c(Cl)c3)c3ccccc23)CC1. The lowest BCUT2D eigenvalue weighted by Gasteiger charge is -2.32.